The number of hydrogen-bond acceptors (Lipinski definition) is 7. The predicted molar refractivity (Wildman–Crippen MR) is 121 cm³/mol. The number of fused-ring (bicyclic) bond motifs is 1. The van der Waals surface area contributed by atoms with Gasteiger partial charge in [-0.25, -0.2) is 27.7 Å². The summed E-state index contributed by atoms with van der Waals surface area (Å²) in [6.07, 6.45) is 1.25. The van der Waals surface area contributed by atoms with Crippen LogP contribution in [0.25, 0.3) is 11.0 Å². The second kappa shape index (κ2) is 9.55. The van der Waals surface area contributed by atoms with Crippen LogP contribution in [0.3, 0.4) is 0 Å². The minimum atomic E-state index is -0.795. The summed E-state index contributed by atoms with van der Waals surface area (Å²) in [7, 11) is 1.69. The van der Waals surface area contributed by atoms with Crippen LogP contribution in [0.15, 0.2) is 57.9 Å². The highest BCUT2D eigenvalue weighted by molar-refractivity contribution is 7.98. The maximum atomic E-state index is 14.9. The maximum absolute atomic E-state index is 14.9. The van der Waals surface area contributed by atoms with Crippen molar-refractivity contribution in [2.24, 2.45) is 0 Å². The third-order valence-electron chi connectivity index (χ3n) is 4.98. The van der Waals surface area contributed by atoms with Crippen LogP contribution in [0.5, 0.6) is 11.6 Å². The minimum absolute atomic E-state index is 0.0469. The molecule has 2 aromatic heterocycles. The minimum Gasteiger partial charge on any atom is -0.433 e. The summed E-state index contributed by atoms with van der Waals surface area (Å²) >= 11 is 1.10. The van der Waals surface area contributed by atoms with Crippen LogP contribution in [0.2, 0.25) is 0 Å². The SMILES string of the molecule is CNSNc1cccc(Cc2c(C)c3cc(F)c(Oc4ncccc4F)cc3oc2=O)c1F. The Kier molecular flexibility index (Phi) is 6.57. The third kappa shape index (κ3) is 4.67. The number of ether oxygens (including phenoxy) is 1. The van der Waals surface area contributed by atoms with Crippen molar-refractivity contribution in [1.82, 2.24) is 9.71 Å². The molecule has 4 rings (SSSR count). The van der Waals surface area contributed by atoms with E-state index in [1.54, 1.807) is 32.2 Å². The molecule has 0 aliphatic heterocycles. The average Bonchev–Trinajstić information content (AvgIpc) is 2.79. The Bertz CT molecular complexity index is 1390. The first-order valence-corrected chi connectivity index (χ1v) is 10.6. The van der Waals surface area contributed by atoms with Gasteiger partial charge in [-0.1, -0.05) is 12.1 Å². The molecule has 0 amide bonds. The summed E-state index contributed by atoms with van der Waals surface area (Å²) in [5.74, 6) is -2.82. The van der Waals surface area contributed by atoms with Crippen molar-refractivity contribution in [3.8, 4) is 11.6 Å². The third-order valence-corrected chi connectivity index (χ3v) is 5.51. The van der Waals surface area contributed by atoms with E-state index in [1.165, 1.54) is 12.3 Å². The zero-order valence-electron chi connectivity index (χ0n) is 17.5. The van der Waals surface area contributed by atoms with Crippen LogP contribution < -0.4 is 19.8 Å². The molecule has 0 fully saturated rings. The Morgan fingerprint density at radius 1 is 1.12 bits per heavy atom. The molecule has 6 nitrogen and oxygen atoms in total. The van der Waals surface area contributed by atoms with Gasteiger partial charge in [0, 0.05) is 41.8 Å². The molecule has 0 radical (unpaired) electrons. The summed E-state index contributed by atoms with van der Waals surface area (Å²) in [5.41, 5.74) is 0.530. The number of halogens is 3. The van der Waals surface area contributed by atoms with Gasteiger partial charge in [0.15, 0.2) is 23.2 Å². The molecule has 0 spiro atoms. The Hall–Kier alpha value is -3.50. The normalized spacial score (nSPS) is 11.1. The van der Waals surface area contributed by atoms with E-state index in [4.69, 9.17) is 9.15 Å². The van der Waals surface area contributed by atoms with E-state index in [-0.39, 0.29) is 34.6 Å². The summed E-state index contributed by atoms with van der Waals surface area (Å²) in [6, 6.07) is 9.58. The number of pyridine rings is 1. The molecule has 4 aromatic rings. The van der Waals surface area contributed by atoms with Gasteiger partial charge in [0.05, 0.1) is 5.69 Å². The molecule has 0 saturated heterocycles. The summed E-state index contributed by atoms with van der Waals surface area (Å²) in [6.45, 7) is 1.63. The largest absolute Gasteiger partial charge is 0.433 e. The van der Waals surface area contributed by atoms with E-state index < -0.39 is 29.0 Å². The van der Waals surface area contributed by atoms with Crippen molar-refractivity contribution in [3.05, 3.63) is 93.2 Å². The fraction of sp³-hybridized carbons (Fsp3) is 0.130. The molecule has 33 heavy (non-hydrogen) atoms. The van der Waals surface area contributed by atoms with Crippen molar-refractivity contribution in [2.75, 3.05) is 11.8 Å². The zero-order valence-corrected chi connectivity index (χ0v) is 18.4. The van der Waals surface area contributed by atoms with Crippen molar-refractivity contribution < 1.29 is 22.3 Å². The van der Waals surface area contributed by atoms with Gasteiger partial charge in [0.25, 0.3) is 5.88 Å². The molecular weight excluding hydrogens is 455 g/mol. The lowest BCUT2D eigenvalue weighted by atomic mass is 9.99. The lowest BCUT2D eigenvalue weighted by molar-refractivity contribution is 0.398. The molecule has 0 bridgehead atoms. The number of aromatic nitrogens is 1. The first-order valence-electron chi connectivity index (χ1n) is 9.79. The van der Waals surface area contributed by atoms with E-state index in [0.717, 1.165) is 30.3 Å². The maximum Gasteiger partial charge on any atom is 0.340 e. The van der Waals surface area contributed by atoms with Crippen molar-refractivity contribution in [1.29, 1.82) is 0 Å². The number of anilines is 1. The second-order valence-electron chi connectivity index (χ2n) is 7.03. The molecule has 2 N–H and O–H groups in total. The highest BCUT2D eigenvalue weighted by Crippen LogP contribution is 2.31. The van der Waals surface area contributed by atoms with Gasteiger partial charge in [-0.2, -0.15) is 0 Å². The Morgan fingerprint density at radius 2 is 1.94 bits per heavy atom. The number of benzene rings is 2. The van der Waals surface area contributed by atoms with Crippen LogP contribution in [0.4, 0.5) is 18.9 Å². The number of nitrogens with one attached hydrogen (secondary N) is 2. The fourth-order valence-corrected chi connectivity index (χ4v) is 3.68. The fourth-order valence-electron chi connectivity index (χ4n) is 3.31. The van der Waals surface area contributed by atoms with Crippen LogP contribution in [-0.4, -0.2) is 12.0 Å². The van der Waals surface area contributed by atoms with E-state index in [9.17, 15) is 18.0 Å². The molecule has 0 saturated carbocycles. The van der Waals surface area contributed by atoms with Crippen molar-refractivity contribution in [3.63, 3.8) is 0 Å². The quantitative estimate of drug-likeness (QED) is 0.271. The number of nitrogens with zero attached hydrogens (tertiary/aromatic N) is 1. The first kappa shape index (κ1) is 22.7. The first-order chi connectivity index (χ1) is 15.9. The highest BCUT2D eigenvalue weighted by Gasteiger charge is 2.19. The average molecular weight is 473 g/mol. The van der Waals surface area contributed by atoms with E-state index in [2.05, 4.69) is 14.4 Å². The van der Waals surface area contributed by atoms with Crippen LogP contribution in [0.1, 0.15) is 16.7 Å². The Balaban J connectivity index is 1.72. The Labute approximate surface area is 191 Å². The predicted octanol–water partition coefficient (Wildman–Crippen LogP) is 5.49. The molecule has 0 unspecified atom stereocenters. The topological polar surface area (TPSA) is 76.4 Å². The number of hydrogen-bond donors (Lipinski definition) is 2. The van der Waals surface area contributed by atoms with E-state index in [1.807, 2.05) is 0 Å². The molecule has 10 heteroatoms. The van der Waals surface area contributed by atoms with Gasteiger partial charge in [-0.15, -0.1) is 0 Å². The van der Waals surface area contributed by atoms with Crippen LogP contribution in [-0.2, 0) is 6.42 Å². The second-order valence-corrected chi connectivity index (χ2v) is 7.84. The summed E-state index contributed by atoms with van der Waals surface area (Å²) in [5, 5.41) is 0.316. The van der Waals surface area contributed by atoms with Crippen molar-refractivity contribution >= 4 is 28.8 Å². The monoisotopic (exact) mass is 473 g/mol. The Morgan fingerprint density at radius 3 is 2.70 bits per heavy atom. The molecule has 0 aliphatic rings. The molecule has 2 aromatic carbocycles. The highest BCUT2D eigenvalue weighted by atomic mass is 32.2. The van der Waals surface area contributed by atoms with Gasteiger partial charge in [-0.3, -0.25) is 0 Å². The molecule has 0 aliphatic carbocycles. The number of rotatable bonds is 7. The van der Waals surface area contributed by atoms with Gasteiger partial charge in [-0.05, 0) is 49.4 Å². The lowest BCUT2D eigenvalue weighted by Gasteiger charge is -2.12. The molecule has 2 heterocycles. The van der Waals surface area contributed by atoms with Gasteiger partial charge >= 0.3 is 5.63 Å². The van der Waals surface area contributed by atoms with E-state index >= 15 is 0 Å². The van der Waals surface area contributed by atoms with E-state index in [0.29, 0.717) is 10.9 Å². The van der Waals surface area contributed by atoms with Crippen LogP contribution >= 0.6 is 12.1 Å². The van der Waals surface area contributed by atoms with Gasteiger partial charge < -0.3 is 13.9 Å². The van der Waals surface area contributed by atoms with Gasteiger partial charge in [0.2, 0.25) is 0 Å². The summed E-state index contributed by atoms with van der Waals surface area (Å²) < 4.78 is 59.6. The number of aryl methyl sites for hydroxylation is 1. The lowest BCUT2D eigenvalue weighted by Crippen LogP contribution is -2.12. The smallest absolute Gasteiger partial charge is 0.340 e. The molecule has 0 atom stereocenters. The van der Waals surface area contributed by atoms with Gasteiger partial charge in [0.1, 0.15) is 5.58 Å². The molecule has 170 valence electrons. The standard InChI is InChI=1S/C23H18F3N3O3S/c1-12-14-10-17(25)20(31-22-16(24)6-4-8-28-22)11-19(14)32-23(30)15(12)9-13-5-3-7-18(21(13)26)29-33-27-2/h3-8,10-11,27,29H,9H2,1-2H3. The van der Waals surface area contributed by atoms with Crippen molar-refractivity contribution in [2.45, 2.75) is 13.3 Å². The zero-order chi connectivity index (χ0) is 23.5. The molecular formula is C23H18F3N3O3S. The summed E-state index contributed by atoms with van der Waals surface area (Å²) in [4.78, 5) is 16.4. The van der Waals surface area contributed by atoms with Crippen LogP contribution in [0, 0.1) is 24.4 Å².